The van der Waals surface area contributed by atoms with Gasteiger partial charge in [-0.3, -0.25) is 4.79 Å². The lowest BCUT2D eigenvalue weighted by atomic mass is 9.97. The van der Waals surface area contributed by atoms with E-state index >= 15 is 0 Å². The summed E-state index contributed by atoms with van der Waals surface area (Å²) in [7, 11) is 0. The van der Waals surface area contributed by atoms with Gasteiger partial charge < -0.3 is 10.6 Å². The van der Waals surface area contributed by atoms with E-state index in [-0.39, 0.29) is 36.2 Å². The summed E-state index contributed by atoms with van der Waals surface area (Å²) in [5.74, 6) is 0.693. The SMILES string of the molecule is CC1CC(c2ccc(F)cc2)CN1C(=O)C[C@@H]1CCC[C@H]1N.Cl. The number of likely N-dealkylation sites (tertiary alicyclic amines) is 1. The van der Waals surface area contributed by atoms with E-state index in [9.17, 15) is 9.18 Å². The van der Waals surface area contributed by atoms with Crippen LogP contribution in [-0.4, -0.2) is 29.4 Å². The van der Waals surface area contributed by atoms with Crippen molar-refractivity contribution in [2.45, 2.75) is 57.0 Å². The molecule has 0 aromatic heterocycles. The summed E-state index contributed by atoms with van der Waals surface area (Å²) >= 11 is 0. The maximum atomic E-state index is 13.0. The molecule has 1 aliphatic heterocycles. The molecule has 0 bridgehead atoms. The lowest BCUT2D eigenvalue weighted by Crippen LogP contribution is -2.37. The Morgan fingerprint density at radius 3 is 2.61 bits per heavy atom. The zero-order valence-electron chi connectivity index (χ0n) is 13.6. The average molecular weight is 341 g/mol. The van der Waals surface area contributed by atoms with Gasteiger partial charge in [0.1, 0.15) is 5.82 Å². The average Bonchev–Trinajstić information content (AvgIpc) is 3.06. The lowest BCUT2D eigenvalue weighted by Gasteiger charge is -2.24. The van der Waals surface area contributed by atoms with Crippen LogP contribution in [0.5, 0.6) is 0 Å². The fourth-order valence-electron chi connectivity index (χ4n) is 4.02. The van der Waals surface area contributed by atoms with Crippen molar-refractivity contribution in [3.63, 3.8) is 0 Å². The quantitative estimate of drug-likeness (QED) is 0.915. The highest BCUT2D eigenvalue weighted by Crippen LogP contribution is 2.34. The van der Waals surface area contributed by atoms with Crippen LogP contribution >= 0.6 is 12.4 Å². The third-order valence-corrected chi connectivity index (χ3v) is 5.39. The minimum atomic E-state index is -0.210. The molecule has 4 atom stereocenters. The Balaban J connectivity index is 0.00000192. The standard InChI is InChI=1S/C18H25FN2O.ClH/c1-12-9-15(13-5-7-16(19)8-6-13)11-21(12)18(22)10-14-3-2-4-17(14)20;/h5-8,12,14-15,17H,2-4,9-11,20H2,1H3;1H/t12?,14-,15?,17+;/m0./s1. The van der Waals surface area contributed by atoms with Gasteiger partial charge in [0.15, 0.2) is 0 Å². The Hall–Kier alpha value is -1.13. The van der Waals surface area contributed by atoms with E-state index in [2.05, 4.69) is 6.92 Å². The highest BCUT2D eigenvalue weighted by atomic mass is 35.5. The molecule has 1 heterocycles. The molecule has 128 valence electrons. The van der Waals surface area contributed by atoms with Crippen molar-refractivity contribution in [3.05, 3.63) is 35.6 Å². The van der Waals surface area contributed by atoms with Gasteiger partial charge in [-0.1, -0.05) is 18.6 Å². The molecule has 1 aromatic carbocycles. The first kappa shape index (κ1) is 18.2. The molecule has 23 heavy (non-hydrogen) atoms. The summed E-state index contributed by atoms with van der Waals surface area (Å²) in [6.07, 6.45) is 4.81. The molecule has 5 heteroatoms. The Morgan fingerprint density at radius 2 is 2.00 bits per heavy atom. The predicted octanol–water partition coefficient (Wildman–Crippen LogP) is 3.47. The third-order valence-electron chi connectivity index (χ3n) is 5.39. The minimum absolute atomic E-state index is 0. The van der Waals surface area contributed by atoms with Crippen molar-refractivity contribution < 1.29 is 9.18 Å². The maximum Gasteiger partial charge on any atom is 0.223 e. The van der Waals surface area contributed by atoms with Crippen LogP contribution in [0.15, 0.2) is 24.3 Å². The molecule has 1 aromatic rings. The van der Waals surface area contributed by atoms with E-state index in [0.29, 0.717) is 18.3 Å². The van der Waals surface area contributed by atoms with E-state index in [1.165, 1.54) is 12.1 Å². The van der Waals surface area contributed by atoms with Crippen LogP contribution in [0.1, 0.15) is 50.5 Å². The fraction of sp³-hybridized carbons (Fsp3) is 0.611. The zero-order chi connectivity index (χ0) is 15.7. The van der Waals surface area contributed by atoms with Gasteiger partial charge in [0, 0.05) is 31.0 Å². The maximum absolute atomic E-state index is 13.0. The Bertz CT molecular complexity index is 536. The van der Waals surface area contributed by atoms with Crippen LogP contribution < -0.4 is 5.73 Å². The molecule has 3 rings (SSSR count). The first-order valence-corrected chi connectivity index (χ1v) is 8.35. The molecular formula is C18H26ClFN2O. The van der Waals surface area contributed by atoms with Crippen molar-refractivity contribution in [2.24, 2.45) is 11.7 Å². The number of carbonyl (C=O) groups excluding carboxylic acids is 1. The molecule has 1 saturated heterocycles. The number of benzene rings is 1. The van der Waals surface area contributed by atoms with Crippen LogP contribution in [-0.2, 0) is 4.79 Å². The lowest BCUT2D eigenvalue weighted by molar-refractivity contribution is -0.132. The second-order valence-electron chi connectivity index (χ2n) is 6.94. The number of nitrogens with two attached hydrogens (primary N) is 1. The summed E-state index contributed by atoms with van der Waals surface area (Å²) in [4.78, 5) is 14.6. The number of amides is 1. The van der Waals surface area contributed by atoms with Gasteiger partial charge in [0.05, 0.1) is 0 Å². The largest absolute Gasteiger partial charge is 0.339 e. The van der Waals surface area contributed by atoms with Gasteiger partial charge in [-0.15, -0.1) is 12.4 Å². The van der Waals surface area contributed by atoms with Gasteiger partial charge in [0.2, 0.25) is 5.91 Å². The monoisotopic (exact) mass is 340 g/mol. The number of hydrogen-bond acceptors (Lipinski definition) is 2. The van der Waals surface area contributed by atoms with Crippen LogP contribution in [0, 0.1) is 11.7 Å². The van der Waals surface area contributed by atoms with E-state index in [0.717, 1.165) is 37.8 Å². The van der Waals surface area contributed by atoms with Crippen LogP contribution in [0.25, 0.3) is 0 Å². The predicted molar refractivity (Wildman–Crippen MR) is 92.1 cm³/mol. The summed E-state index contributed by atoms with van der Waals surface area (Å²) < 4.78 is 13.0. The van der Waals surface area contributed by atoms with E-state index in [1.54, 1.807) is 0 Å². The van der Waals surface area contributed by atoms with Gasteiger partial charge in [-0.25, -0.2) is 4.39 Å². The van der Waals surface area contributed by atoms with Gasteiger partial charge in [-0.2, -0.15) is 0 Å². The zero-order valence-corrected chi connectivity index (χ0v) is 14.4. The van der Waals surface area contributed by atoms with Crippen LogP contribution in [0.3, 0.4) is 0 Å². The van der Waals surface area contributed by atoms with E-state index < -0.39 is 0 Å². The van der Waals surface area contributed by atoms with Crippen molar-refractivity contribution in [1.82, 2.24) is 4.90 Å². The number of nitrogens with zero attached hydrogens (tertiary/aromatic N) is 1. The topological polar surface area (TPSA) is 46.3 Å². The molecule has 0 spiro atoms. The minimum Gasteiger partial charge on any atom is -0.339 e. The molecule has 2 aliphatic rings. The summed E-state index contributed by atoms with van der Waals surface area (Å²) in [5.41, 5.74) is 7.21. The first-order valence-electron chi connectivity index (χ1n) is 8.35. The Kier molecular flexibility index (Phi) is 6.04. The molecule has 1 amide bonds. The molecule has 1 aliphatic carbocycles. The number of carbonyl (C=O) groups is 1. The highest BCUT2D eigenvalue weighted by Gasteiger charge is 2.35. The molecule has 1 saturated carbocycles. The Morgan fingerprint density at radius 1 is 1.30 bits per heavy atom. The van der Waals surface area contributed by atoms with Crippen LogP contribution in [0.2, 0.25) is 0 Å². The number of rotatable bonds is 3. The fourth-order valence-corrected chi connectivity index (χ4v) is 4.02. The second-order valence-corrected chi connectivity index (χ2v) is 6.94. The van der Waals surface area contributed by atoms with Crippen molar-refractivity contribution >= 4 is 18.3 Å². The molecule has 2 N–H and O–H groups in total. The van der Waals surface area contributed by atoms with Gasteiger partial charge >= 0.3 is 0 Å². The van der Waals surface area contributed by atoms with Crippen molar-refractivity contribution in [3.8, 4) is 0 Å². The Labute approximate surface area is 143 Å². The molecule has 2 fully saturated rings. The smallest absolute Gasteiger partial charge is 0.223 e. The molecular weight excluding hydrogens is 315 g/mol. The van der Waals surface area contributed by atoms with E-state index in [4.69, 9.17) is 5.73 Å². The molecule has 2 unspecified atom stereocenters. The second kappa shape index (κ2) is 7.63. The number of halogens is 2. The summed E-state index contributed by atoms with van der Waals surface area (Å²) in [5, 5.41) is 0. The van der Waals surface area contributed by atoms with E-state index in [1.807, 2.05) is 17.0 Å². The van der Waals surface area contributed by atoms with Crippen LogP contribution in [0.4, 0.5) is 4.39 Å². The van der Waals surface area contributed by atoms with Gasteiger partial charge in [0.25, 0.3) is 0 Å². The molecule has 0 radical (unpaired) electrons. The van der Waals surface area contributed by atoms with Crippen molar-refractivity contribution in [1.29, 1.82) is 0 Å². The highest BCUT2D eigenvalue weighted by molar-refractivity contribution is 5.85. The molecule has 3 nitrogen and oxygen atoms in total. The van der Waals surface area contributed by atoms with Gasteiger partial charge in [-0.05, 0) is 49.8 Å². The normalized spacial score (nSPS) is 30.3. The number of hydrogen-bond donors (Lipinski definition) is 1. The first-order chi connectivity index (χ1) is 10.5. The third kappa shape index (κ3) is 4.04. The van der Waals surface area contributed by atoms with Crippen molar-refractivity contribution in [2.75, 3.05) is 6.54 Å². The summed E-state index contributed by atoms with van der Waals surface area (Å²) in [6, 6.07) is 7.13. The summed E-state index contributed by atoms with van der Waals surface area (Å²) in [6.45, 7) is 2.85.